The Morgan fingerprint density at radius 3 is 1.21 bits per heavy atom. The molecular formula is C50H32N6. The van der Waals surface area contributed by atoms with Gasteiger partial charge in [0.1, 0.15) is 0 Å². The van der Waals surface area contributed by atoms with Gasteiger partial charge in [-0.15, -0.1) is 0 Å². The van der Waals surface area contributed by atoms with E-state index in [1.807, 2.05) is 42.5 Å². The standard InChI is InChI=1S/C50H32N6/c1-3-11-33(12-4-1)48-52-49(54-50(53-48)35-27-29-51-30-28-35)34-19-23-39(24-20-34)56-45-18-10-8-16-41(45)43-32-37(22-26-47(43)56)36-21-25-46-42(31-36)40-15-7-9-17-44(40)55(46)38-13-5-2-6-14-38/h1-32H. The van der Waals surface area contributed by atoms with Gasteiger partial charge in [0, 0.05) is 62.0 Å². The average molecular weight is 717 g/mol. The lowest BCUT2D eigenvalue weighted by Gasteiger charge is -2.11. The molecule has 0 amide bonds. The zero-order valence-corrected chi connectivity index (χ0v) is 30.2. The third kappa shape index (κ3) is 5.27. The second kappa shape index (κ2) is 13.0. The van der Waals surface area contributed by atoms with E-state index in [0.717, 1.165) is 39.1 Å². The van der Waals surface area contributed by atoms with Crippen LogP contribution in [0.4, 0.5) is 0 Å². The van der Waals surface area contributed by atoms with E-state index < -0.39 is 0 Å². The van der Waals surface area contributed by atoms with Gasteiger partial charge in [-0.25, -0.2) is 15.0 Å². The first-order valence-electron chi connectivity index (χ1n) is 18.7. The van der Waals surface area contributed by atoms with Crippen molar-refractivity contribution in [1.29, 1.82) is 0 Å². The molecule has 4 heterocycles. The highest BCUT2D eigenvalue weighted by molar-refractivity contribution is 6.12. The molecule has 0 bridgehead atoms. The van der Waals surface area contributed by atoms with Gasteiger partial charge in [-0.05, 0) is 96.1 Å². The maximum absolute atomic E-state index is 4.94. The van der Waals surface area contributed by atoms with Crippen LogP contribution in [0.25, 0.3) is 100 Å². The minimum absolute atomic E-state index is 0.611. The van der Waals surface area contributed by atoms with Gasteiger partial charge in [-0.3, -0.25) is 4.98 Å². The van der Waals surface area contributed by atoms with Gasteiger partial charge in [0.2, 0.25) is 0 Å². The summed E-state index contributed by atoms with van der Waals surface area (Å²) in [5.41, 5.74) is 12.0. The van der Waals surface area contributed by atoms with Crippen LogP contribution in [0.15, 0.2) is 194 Å². The summed E-state index contributed by atoms with van der Waals surface area (Å²) in [6.45, 7) is 0. The van der Waals surface area contributed by atoms with Gasteiger partial charge < -0.3 is 9.13 Å². The fourth-order valence-electron chi connectivity index (χ4n) is 8.05. The number of hydrogen-bond donors (Lipinski definition) is 0. The van der Waals surface area contributed by atoms with Crippen molar-refractivity contribution in [3.63, 3.8) is 0 Å². The first-order valence-corrected chi connectivity index (χ1v) is 18.7. The first kappa shape index (κ1) is 31.8. The Bertz CT molecular complexity index is 3160. The second-order valence-electron chi connectivity index (χ2n) is 14.0. The van der Waals surface area contributed by atoms with E-state index in [1.165, 1.54) is 43.7 Å². The molecule has 6 nitrogen and oxygen atoms in total. The van der Waals surface area contributed by atoms with Gasteiger partial charge in [0.25, 0.3) is 0 Å². The molecule has 56 heavy (non-hydrogen) atoms. The van der Waals surface area contributed by atoms with Crippen LogP contribution in [0.1, 0.15) is 0 Å². The molecule has 0 unspecified atom stereocenters. The Kier molecular flexibility index (Phi) is 7.38. The van der Waals surface area contributed by atoms with Crippen LogP contribution in [0.5, 0.6) is 0 Å². The van der Waals surface area contributed by atoms with Crippen molar-refractivity contribution >= 4 is 43.6 Å². The van der Waals surface area contributed by atoms with Crippen LogP contribution in [-0.4, -0.2) is 29.1 Å². The number of pyridine rings is 1. The van der Waals surface area contributed by atoms with E-state index in [4.69, 9.17) is 15.0 Å². The molecule has 0 spiro atoms. The van der Waals surface area contributed by atoms with Crippen molar-refractivity contribution in [2.75, 3.05) is 0 Å². The van der Waals surface area contributed by atoms with Crippen LogP contribution in [0, 0.1) is 0 Å². The van der Waals surface area contributed by atoms with E-state index >= 15 is 0 Å². The van der Waals surface area contributed by atoms with Crippen LogP contribution < -0.4 is 0 Å². The summed E-state index contributed by atoms with van der Waals surface area (Å²) in [5.74, 6) is 1.86. The largest absolute Gasteiger partial charge is 0.309 e. The SMILES string of the molecule is c1ccc(-c2nc(-c3ccncc3)nc(-c3ccc(-n4c5ccccc5c5cc(-c6ccc7c(c6)c6ccccc6n7-c6ccccc6)ccc54)cc3)n2)cc1. The highest BCUT2D eigenvalue weighted by atomic mass is 15.0. The molecule has 0 aliphatic carbocycles. The summed E-state index contributed by atoms with van der Waals surface area (Å²) in [7, 11) is 0. The Balaban J connectivity index is 1.01. The fraction of sp³-hybridized carbons (Fsp3) is 0. The molecule has 0 aliphatic heterocycles. The molecule has 4 aromatic heterocycles. The second-order valence-corrected chi connectivity index (χ2v) is 14.0. The van der Waals surface area contributed by atoms with E-state index in [0.29, 0.717) is 17.5 Å². The van der Waals surface area contributed by atoms with Crippen LogP contribution in [-0.2, 0) is 0 Å². The molecule has 7 aromatic carbocycles. The molecule has 0 saturated carbocycles. The van der Waals surface area contributed by atoms with E-state index in [9.17, 15) is 0 Å². The summed E-state index contributed by atoms with van der Waals surface area (Å²) in [5, 5.41) is 4.91. The van der Waals surface area contributed by atoms with Crippen molar-refractivity contribution < 1.29 is 0 Å². The predicted molar refractivity (Wildman–Crippen MR) is 228 cm³/mol. The quantitative estimate of drug-likeness (QED) is 0.172. The molecule has 11 rings (SSSR count). The van der Waals surface area contributed by atoms with Gasteiger partial charge in [0.05, 0.1) is 22.1 Å². The third-order valence-corrected chi connectivity index (χ3v) is 10.7. The Morgan fingerprint density at radius 2 is 0.679 bits per heavy atom. The molecule has 0 N–H and O–H groups in total. The van der Waals surface area contributed by atoms with E-state index in [2.05, 4.69) is 154 Å². The minimum atomic E-state index is 0.611. The van der Waals surface area contributed by atoms with E-state index in [-0.39, 0.29) is 0 Å². The molecule has 0 aliphatic rings. The van der Waals surface area contributed by atoms with Crippen molar-refractivity contribution in [1.82, 2.24) is 29.1 Å². The average Bonchev–Trinajstić information content (AvgIpc) is 3.79. The zero-order chi connectivity index (χ0) is 37.0. The molecule has 0 radical (unpaired) electrons. The highest BCUT2D eigenvalue weighted by Gasteiger charge is 2.17. The number of aromatic nitrogens is 6. The number of rotatable bonds is 6. The monoisotopic (exact) mass is 716 g/mol. The Morgan fingerprint density at radius 1 is 0.286 bits per heavy atom. The molecule has 262 valence electrons. The zero-order valence-electron chi connectivity index (χ0n) is 30.2. The van der Waals surface area contributed by atoms with Crippen LogP contribution >= 0.6 is 0 Å². The maximum Gasteiger partial charge on any atom is 0.164 e. The number of fused-ring (bicyclic) bond motifs is 6. The van der Waals surface area contributed by atoms with Gasteiger partial charge >= 0.3 is 0 Å². The highest BCUT2D eigenvalue weighted by Crippen LogP contribution is 2.38. The molecule has 0 saturated heterocycles. The number of para-hydroxylation sites is 3. The lowest BCUT2D eigenvalue weighted by Crippen LogP contribution is -2.00. The third-order valence-electron chi connectivity index (χ3n) is 10.7. The smallest absolute Gasteiger partial charge is 0.164 e. The summed E-state index contributed by atoms with van der Waals surface area (Å²) in [6, 6.07) is 64.1. The van der Waals surface area contributed by atoms with Crippen molar-refractivity contribution in [2.45, 2.75) is 0 Å². The lowest BCUT2D eigenvalue weighted by atomic mass is 10.0. The molecule has 6 heteroatoms. The predicted octanol–water partition coefficient (Wildman–Crippen LogP) is 12.1. The van der Waals surface area contributed by atoms with Gasteiger partial charge in [-0.2, -0.15) is 0 Å². The van der Waals surface area contributed by atoms with Crippen LogP contribution in [0.3, 0.4) is 0 Å². The van der Waals surface area contributed by atoms with E-state index in [1.54, 1.807) is 12.4 Å². The summed E-state index contributed by atoms with van der Waals surface area (Å²) >= 11 is 0. The Hall–Kier alpha value is -7.70. The number of benzene rings is 7. The molecular weight excluding hydrogens is 685 g/mol. The van der Waals surface area contributed by atoms with Gasteiger partial charge in [0.15, 0.2) is 17.5 Å². The van der Waals surface area contributed by atoms with Crippen molar-refractivity contribution in [2.24, 2.45) is 0 Å². The molecule has 11 aromatic rings. The summed E-state index contributed by atoms with van der Waals surface area (Å²) < 4.78 is 4.71. The summed E-state index contributed by atoms with van der Waals surface area (Å²) in [4.78, 5) is 18.9. The first-order chi connectivity index (χ1) is 27.8. The molecule has 0 fully saturated rings. The van der Waals surface area contributed by atoms with Gasteiger partial charge in [-0.1, -0.05) is 97.1 Å². The number of nitrogens with zero attached hydrogens (tertiary/aromatic N) is 6. The topological polar surface area (TPSA) is 61.4 Å². The molecule has 0 atom stereocenters. The normalized spacial score (nSPS) is 11.6. The number of hydrogen-bond acceptors (Lipinski definition) is 4. The summed E-state index contributed by atoms with van der Waals surface area (Å²) in [6.07, 6.45) is 3.52. The van der Waals surface area contributed by atoms with Crippen molar-refractivity contribution in [3.05, 3.63) is 194 Å². The minimum Gasteiger partial charge on any atom is -0.309 e. The maximum atomic E-state index is 4.94. The van der Waals surface area contributed by atoms with Crippen molar-refractivity contribution in [3.8, 4) is 56.7 Å². The lowest BCUT2D eigenvalue weighted by molar-refractivity contribution is 1.07. The Labute approximate surface area is 322 Å². The van der Waals surface area contributed by atoms with Crippen LogP contribution in [0.2, 0.25) is 0 Å². The fourth-order valence-corrected chi connectivity index (χ4v) is 8.05.